The number of aryl methyl sites for hydroxylation is 1. The predicted octanol–water partition coefficient (Wildman–Crippen LogP) is 3.46. The summed E-state index contributed by atoms with van der Waals surface area (Å²) in [7, 11) is 1.66. The maximum Gasteiger partial charge on any atom is 0.253 e. The van der Waals surface area contributed by atoms with Crippen LogP contribution in [0.15, 0.2) is 40.7 Å². The molecule has 0 aliphatic carbocycles. The van der Waals surface area contributed by atoms with E-state index in [2.05, 4.69) is 4.99 Å². The number of ether oxygens (including phenoxy) is 1. The van der Waals surface area contributed by atoms with Crippen molar-refractivity contribution in [2.75, 3.05) is 7.11 Å². The minimum absolute atomic E-state index is 0.116. The Balaban J connectivity index is 2.06. The van der Waals surface area contributed by atoms with Crippen LogP contribution in [0, 0.1) is 0 Å². The van der Waals surface area contributed by atoms with Gasteiger partial charge < -0.3 is 9.30 Å². The molecule has 0 saturated heterocycles. The van der Waals surface area contributed by atoms with Gasteiger partial charge in [0.05, 0.1) is 18.2 Å². The highest BCUT2D eigenvalue weighted by Gasteiger charge is 2.11. The summed E-state index contributed by atoms with van der Waals surface area (Å²) < 4.78 is 8.54. The minimum Gasteiger partial charge on any atom is -0.495 e. The lowest BCUT2D eigenvalue weighted by Gasteiger charge is -2.05. The monoisotopic (exact) mass is 332 g/mol. The van der Waals surface area contributed by atoms with E-state index in [0.717, 1.165) is 32.2 Å². The van der Waals surface area contributed by atoms with Crippen LogP contribution < -0.4 is 9.54 Å². The lowest BCUT2D eigenvalue weighted by molar-refractivity contribution is -0.117. The summed E-state index contributed by atoms with van der Waals surface area (Å²) in [5, 5.41) is 1.97. The van der Waals surface area contributed by atoms with Gasteiger partial charge in [-0.3, -0.25) is 4.79 Å². The maximum atomic E-state index is 12.2. The van der Waals surface area contributed by atoms with Crippen LogP contribution in [0.3, 0.4) is 0 Å². The summed E-state index contributed by atoms with van der Waals surface area (Å²) in [5.41, 5.74) is 1.00. The number of aromatic nitrogens is 1. The van der Waals surface area contributed by atoms with E-state index in [1.165, 1.54) is 11.3 Å². The third-order valence-electron chi connectivity index (χ3n) is 3.33. The van der Waals surface area contributed by atoms with Crippen molar-refractivity contribution in [1.82, 2.24) is 4.57 Å². The smallest absolute Gasteiger partial charge is 0.253 e. The Morgan fingerprint density at radius 1 is 1.32 bits per heavy atom. The van der Waals surface area contributed by atoms with E-state index < -0.39 is 0 Å². The van der Waals surface area contributed by atoms with Crippen molar-refractivity contribution in [1.29, 1.82) is 0 Å². The number of rotatable bonds is 4. The normalized spacial score (nSPS) is 12.0. The molecule has 0 radical (unpaired) electrons. The number of carbonyl (C=O) groups excluding carboxylic acids is 1. The summed E-state index contributed by atoms with van der Waals surface area (Å²) >= 11 is 3.10. The number of hydrogen-bond acceptors (Lipinski definition) is 4. The number of nitrogens with zero attached hydrogens (tertiary/aromatic N) is 2. The molecule has 114 valence electrons. The topological polar surface area (TPSA) is 43.6 Å². The van der Waals surface area contributed by atoms with E-state index in [1.54, 1.807) is 18.4 Å². The summed E-state index contributed by atoms with van der Waals surface area (Å²) in [6, 6.07) is 9.81. The summed E-state index contributed by atoms with van der Waals surface area (Å²) in [5.74, 6) is 0.693. The number of amides is 1. The second-order valence-corrected chi connectivity index (χ2v) is 6.74. The first-order chi connectivity index (χ1) is 10.7. The number of thiazole rings is 1. The Morgan fingerprint density at radius 2 is 2.18 bits per heavy atom. The molecular weight excluding hydrogens is 316 g/mol. The van der Waals surface area contributed by atoms with Crippen molar-refractivity contribution in [3.05, 3.63) is 45.4 Å². The van der Waals surface area contributed by atoms with E-state index in [9.17, 15) is 4.79 Å². The molecule has 2 aromatic heterocycles. The van der Waals surface area contributed by atoms with Crippen LogP contribution in [0.25, 0.3) is 10.2 Å². The lowest BCUT2D eigenvalue weighted by Crippen LogP contribution is -2.16. The minimum atomic E-state index is -0.116. The number of carbonyl (C=O) groups is 1. The Morgan fingerprint density at radius 3 is 2.86 bits per heavy atom. The fraction of sp³-hybridized carbons (Fsp3) is 0.250. The molecule has 0 aliphatic heterocycles. The molecule has 0 spiro atoms. The molecule has 0 unspecified atom stereocenters. The van der Waals surface area contributed by atoms with Gasteiger partial charge in [0.1, 0.15) is 11.3 Å². The Hall–Kier alpha value is -1.92. The van der Waals surface area contributed by atoms with E-state index in [1.807, 2.05) is 47.2 Å². The second kappa shape index (κ2) is 6.46. The van der Waals surface area contributed by atoms with Crippen molar-refractivity contribution < 1.29 is 9.53 Å². The van der Waals surface area contributed by atoms with Crippen LogP contribution in [0.4, 0.5) is 0 Å². The van der Waals surface area contributed by atoms with Gasteiger partial charge in [-0.05, 0) is 30.5 Å². The summed E-state index contributed by atoms with van der Waals surface area (Å²) in [6.07, 6.45) is 0.354. The standard InChI is InChI=1S/C16H16N2O2S2/c1-3-18-15-12(20-2)7-4-8-13(15)22-16(18)17-14(19)10-11-6-5-9-21-11/h4-9H,3,10H2,1-2H3. The molecule has 6 heteroatoms. The number of thiophene rings is 1. The SMILES string of the molecule is CCn1c(=NC(=O)Cc2cccs2)sc2cccc(OC)c21. The lowest BCUT2D eigenvalue weighted by atomic mass is 10.3. The van der Waals surface area contributed by atoms with Crippen LogP contribution in [-0.4, -0.2) is 17.6 Å². The number of fused-ring (bicyclic) bond motifs is 1. The highest BCUT2D eigenvalue weighted by molar-refractivity contribution is 7.16. The van der Waals surface area contributed by atoms with Crippen molar-refractivity contribution in [3.63, 3.8) is 0 Å². The molecule has 2 heterocycles. The molecule has 3 aromatic rings. The molecule has 0 atom stereocenters. The van der Waals surface area contributed by atoms with Gasteiger partial charge in [-0.2, -0.15) is 4.99 Å². The van der Waals surface area contributed by atoms with Gasteiger partial charge in [0, 0.05) is 11.4 Å². The Bertz CT molecular complexity index is 860. The average Bonchev–Trinajstić information content (AvgIpc) is 3.13. The molecule has 0 aliphatic rings. The van der Waals surface area contributed by atoms with Crippen molar-refractivity contribution in [2.45, 2.75) is 19.9 Å². The molecule has 0 N–H and O–H groups in total. The summed E-state index contributed by atoms with van der Waals surface area (Å²) in [6.45, 7) is 2.78. The first-order valence-corrected chi connectivity index (χ1v) is 8.68. The van der Waals surface area contributed by atoms with Gasteiger partial charge in [0.15, 0.2) is 4.80 Å². The van der Waals surface area contributed by atoms with E-state index >= 15 is 0 Å². The third-order valence-corrected chi connectivity index (χ3v) is 5.25. The molecule has 0 bridgehead atoms. The van der Waals surface area contributed by atoms with Crippen LogP contribution in [0.2, 0.25) is 0 Å². The number of para-hydroxylation sites is 1. The zero-order valence-corrected chi connectivity index (χ0v) is 14.0. The average molecular weight is 332 g/mol. The second-order valence-electron chi connectivity index (χ2n) is 4.70. The number of benzene rings is 1. The fourth-order valence-electron chi connectivity index (χ4n) is 2.35. The molecule has 1 aromatic carbocycles. The predicted molar refractivity (Wildman–Crippen MR) is 90.6 cm³/mol. The van der Waals surface area contributed by atoms with Gasteiger partial charge in [-0.25, -0.2) is 0 Å². The molecular formula is C16H16N2O2S2. The van der Waals surface area contributed by atoms with Crippen molar-refractivity contribution in [3.8, 4) is 5.75 Å². The Kier molecular flexibility index (Phi) is 4.40. The largest absolute Gasteiger partial charge is 0.495 e. The highest BCUT2D eigenvalue weighted by Crippen LogP contribution is 2.27. The van der Waals surface area contributed by atoms with Gasteiger partial charge in [-0.15, -0.1) is 11.3 Å². The van der Waals surface area contributed by atoms with E-state index in [-0.39, 0.29) is 5.91 Å². The van der Waals surface area contributed by atoms with Gasteiger partial charge in [0.2, 0.25) is 0 Å². The third kappa shape index (κ3) is 2.84. The first kappa shape index (κ1) is 15.0. The van der Waals surface area contributed by atoms with Gasteiger partial charge in [-0.1, -0.05) is 23.5 Å². The molecule has 4 nitrogen and oxygen atoms in total. The summed E-state index contributed by atoms with van der Waals surface area (Å²) in [4.78, 5) is 18.3. The van der Waals surface area contributed by atoms with Crippen LogP contribution in [0.1, 0.15) is 11.8 Å². The number of hydrogen-bond donors (Lipinski definition) is 0. The van der Waals surface area contributed by atoms with Crippen LogP contribution in [0.5, 0.6) is 5.75 Å². The number of methoxy groups -OCH3 is 1. The molecule has 22 heavy (non-hydrogen) atoms. The van der Waals surface area contributed by atoms with Crippen LogP contribution >= 0.6 is 22.7 Å². The molecule has 0 fully saturated rings. The zero-order valence-electron chi connectivity index (χ0n) is 12.4. The van der Waals surface area contributed by atoms with E-state index in [0.29, 0.717) is 6.42 Å². The Labute approximate surface area is 136 Å². The quantitative estimate of drug-likeness (QED) is 0.734. The molecule has 3 rings (SSSR count). The molecule has 1 amide bonds. The van der Waals surface area contributed by atoms with Crippen molar-refractivity contribution in [2.24, 2.45) is 4.99 Å². The first-order valence-electron chi connectivity index (χ1n) is 6.99. The van der Waals surface area contributed by atoms with E-state index in [4.69, 9.17) is 4.74 Å². The maximum absolute atomic E-state index is 12.2. The highest BCUT2D eigenvalue weighted by atomic mass is 32.1. The van der Waals surface area contributed by atoms with Crippen LogP contribution in [-0.2, 0) is 17.8 Å². The van der Waals surface area contributed by atoms with Gasteiger partial charge in [0.25, 0.3) is 5.91 Å². The molecule has 0 saturated carbocycles. The van der Waals surface area contributed by atoms with Crippen molar-refractivity contribution >= 4 is 38.8 Å². The zero-order chi connectivity index (χ0) is 15.5. The fourth-order valence-corrected chi connectivity index (χ4v) is 4.17. The van der Waals surface area contributed by atoms with Gasteiger partial charge >= 0.3 is 0 Å².